The molecule has 0 aliphatic carbocycles. The van der Waals surface area contributed by atoms with Gasteiger partial charge >= 0.3 is 6.03 Å². The Balaban J connectivity index is 1.39. The summed E-state index contributed by atoms with van der Waals surface area (Å²) in [5, 5.41) is 1.25. The molecule has 2 aliphatic heterocycles. The van der Waals surface area contributed by atoms with Crippen LogP contribution in [0.25, 0.3) is 10.9 Å². The second kappa shape index (κ2) is 7.62. The van der Waals surface area contributed by atoms with E-state index in [-0.39, 0.29) is 6.03 Å². The maximum absolute atomic E-state index is 12.8. The normalized spacial score (nSPS) is 21.5. The van der Waals surface area contributed by atoms with E-state index in [2.05, 4.69) is 29.2 Å². The molecule has 2 aliphatic rings. The molecule has 0 bridgehead atoms. The smallest absolute Gasteiger partial charge is 0.320 e. The van der Waals surface area contributed by atoms with Gasteiger partial charge in [-0.15, -0.1) is 0 Å². The average Bonchev–Trinajstić information content (AvgIpc) is 3.16. The maximum Gasteiger partial charge on any atom is 0.320 e. The highest BCUT2D eigenvalue weighted by Gasteiger charge is 2.31. The van der Waals surface area contributed by atoms with E-state index in [1.54, 1.807) is 7.11 Å². The van der Waals surface area contributed by atoms with E-state index < -0.39 is 0 Å². The highest BCUT2D eigenvalue weighted by molar-refractivity contribution is 5.82. The number of amides is 2. The quantitative estimate of drug-likeness (QED) is 0.848. The van der Waals surface area contributed by atoms with Gasteiger partial charge in [0.25, 0.3) is 0 Å². The Morgan fingerprint density at radius 2 is 1.88 bits per heavy atom. The van der Waals surface area contributed by atoms with Crippen molar-refractivity contribution in [1.29, 1.82) is 0 Å². The Hall–Kier alpha value is -2.14. The van der Waals surface area contributed by atoms with Gasteiger partial charge in [-0.1, -0.05) is 18.2 Å². The highest BCUT2D eigenvalue weighted by atomic mass is 16.5. The van der Waals surface area contributed by atoms with Crippen molar-refractivity contribution in [2.75, 3.05) is 39.9 Å². The predicted octanol–water partition coefficient (Wildman–Crippen LogP) is 3.50. The Morgan fingerprint density at radius 1 is 1.12 bits per heavy atom. The number of likely N-dealkylation sites (tertiary alicyclic amines) is 2. The molecule has 0 radical (unpaired) electrons. The standard InChI is InChI=1S/C21H27N3O2/c1-26-15-16-7-11-24(14-16)21(25)23-12-8-17(9-13-23)18-6-10-22-20-5-3-2-4-19(18)20/h2-6,10,16-17H,7-9,11-15H2,1H3. The molecule has 26 heavy (non-hydrogen) atoms. The number of ether oxygens (including phenoxy) is 1. The molecule has 0 saturated carbocycles. The van der Waals surface area contributed by atoms with Crippen LogP contribution >= 0.6 is 0 Å². The lowest BCUT2D eigenvalue weighted by atomic mass is 9.87. The zero-order valence-corrected chi connectivity index (χ0v) is 15.4. The molecule has 0 spiro atoms. The molecule has 2 aromatic rings. The van der Waals surface area contributed by atoms with E-state index in [4.69, 9.17) is 4.74 Å². The van der Waals surface area contributed by atoms with Crippen LogP contribution < -0.4 is 0 Å². The molecule has 0 N–H and O–H groups in total. The number of rotatable bonds is 3. The number of benzene rings is 1. The summed E-state index contributed by atoms with van der Waals surface area (Å²) in [4.78, 5) is 21.3. The second-order valence-corrected chi connectivity index (χ2v) is 7.52. The first-order chi connectivity index (χ1) is 12.8. The topological polar surface area (TPSA) is 45.7 Å². The third kappa shape index (κ3) is 3.40. The molecular formula is C21H27N3O2. The number of urea groups is 1. The molecule has 2 amide bonds. The summed E-state index contributed by atoms with van der Waals surface area (Å²) in [6.45, 7) is 4.13. The Kier molecular flexibility index (Phi) is 5.07. The summed E-state index contributed by atoms with van der Waals surface area (Å²) in [5.74, 6) is 0.997. The summed E-state index contributed by atoms with van der Waals surface area (Å²) >= 11 is 0. The fourth-order valence-electron chi connectivity index (χ4n) is 4.43. The van der Waals surface area contributed by atoms with E-state index in [1.807, 2.05) is 22.1 Å². The van der Waals surface area contributed by atoms with E-state index in [0.29, 0.717) is 11.8 Å². The van der Waals surface area contributed by atoms with E-state index in [0.717, 1.165) is 57.6 Å². The summed E-state index contributed by atoms with van der Waals surface area (Å²) in [6.07, 6.45) is 5.01. The van der Waals surface area contributed by atoms with Gasteiger partial charge in [-0.05, 0) is 42.9 Å². The van der Waals surface area contributed by atoms with Crippen molar-refractivity contribution >= 4 is 16.9 Å². The molecule has 5 heteroatoms. The largest absolute Gasteiger partial charge is 0.384 e. The number of aromatic nitrogens is 1. The average molecular weight is 353 g/mol. The highest BCUT2D eigenvalue weighted by Crippen LogP contribution is 2.33. The van der Waals surface area contributed by atoms with Gasteiger partial charge in [0, 0.05) is 50.8 Å². The maximum atomic E-state index is 12.8. The first-order valence-electron chi connectivity index (χ1n) is 9.62. The Labute approximate surface area is 154 Å². The monoisotopic (exact) mass is 353 g/mol. The minimum Gasteiger partial charge on any atom is -0.384 e. The van der Waals surface area contributed by atoms with Crippen molar-refractivity contribution in [3.8, 4) is 0 Å². The summed E-state index contributed by atoms with van der Waals surface area (Å²) < 4.78 is 5.24. The molecular weight excluding hydrogens is 326 g/mol. The van der Waals surface area contributed by atoms with Crippen LogP contribution in [-0.4, -0.2) is 60.7 Å². The molecule has 2 fully saturated rings. The first kappa shape index (κ1) is 17.3. The van der Waals surface area contributed by atoms with Gasteiger partial charge in [0.2, 0.25) is 0 Å². The van der Waals surface area contributed by atoms with Crippen LogP contribution in [0.3, 0.4) is 0 Å². The van der Waals surface area contributed by atoms with Gasteiger partial charge < -0.3 is 14.5 Å². The van der Waals surface area contributed by atoms with Gasteiger partial charge in [0.05, 0.1) is 12.1 Å². The van der Waals surface area contributed by atoms with Crippen LogP contribution in [0.2, 0.25) is 0 Å². The molecule has 1 aromatic heterocycles. The van der Waals surface area contributed by atoms with Crippen molar-refractivity contribution in [1.82, 2.24) is 14.8 Å². The van der Waals surface area contributed by atoms with Crippen LogP contribution in [0.1, 0.15) is 30.7 Å². The molecule has 1 aromatic carbocycles. The third-order valence-electron chi connectivity index (χ3n) is 5.85. The summed E-state index contributed by atoms with van der Waals surface area (Å²) in [5.41, 5.74) is 2.44. The zero-order valence-electron chi connectivity index (χ0n) is 15.4. The lowest BCUT2D eigenvalue weighted by Gasteiger charge is -2.35. The van der Waals surface area contributed by atoms with E-state index >= 15 is 0 Å². The van der Waals surface area contributed by atoms with Gasteiger partial charge in [0.1, 0.15) is 0 Å². The van der Waals surface area contributed by atoms with Crippen molar-refractivity contribution in [2.45, 2.75) is 25.2 Å². The van der Waals surface area contributed by atoms with Gasteiger partial charge in [-0.2, -0.15) is 0 Å². The van der Waals surface area contributed by atoms with Crippen LogP contribution in [0.15, 0.2) is 36.5 Å². The van der Waals surface area contributed by atoms with Gasteiger partial charge in [0.15, 0.2) is 0 Å². The van der Waals surface area contributed by atoms with E-state index in [1.165, 1.54) is 10.9 Å². The molecule has 2 saturated heterocycles. The SMILES string of the molecule is COCC1CCN(C(=O)N2CCC(c3ccnc4ccccc34)CC2)C1. The van der Waals surface area contributed by atoms with Crippen molar-refractivity contribution < 1.29 is 9.53 Å². The molecule has 5 nitrogen and oxygen atoms in total. The number of hydrogen-bond acceptors (Lipinski definition) is 3. The number of hydrogen-bond donors (Lipinski definition) is 0. The number of nitrogens with zero attached hydrogens (tertiary/aromatic N) is 3. The summed E-state index contributed by atoms with van der Waals surface area (Å²) in [6, 6.07) is 10.7. The van der Waals surface area contributed by atoms with Crippen LogP contribution in [-0.2, 0) is 4.74 Å². The van der Waals surface area contributed by atoms with Crippen LogP contribution in [0.5, 0.6) is 0 Å². The lowest BCUT2D eigenvalue weighted by Crippen LogP contribution is -2.45. The van der Waals surface area contributed by atoms with Crippen molar-refractivity contribution in [2.24, 2.45) is 5.92 Å². The number of pyridine rings is 1. The fraction of sp³-hybridized carbons (Fsp3) is 0.524. The molecule has 1 atom stereocenters. The predicted molar refractivity (Wildman–Crippen MR) is 102 cm³/mol. The zero-order chi connectivity index (χ0) is 17.9. The minimum atomic E-state index is 0.210. The molecule has 138 valence electrons. The molecule has 1 unspecified atom stereocenters. The van der Waals surface area contributed by atoms with Crippen molar-refractivity contribution in [3.05, 3.63) is 42.1 Å². The number of para-hydroxylation sites is 1. The minimum absolute atomic E-state index is 0.210. The van der Waals surface area contributed by atoms with Crippen LogP contribution in [0, 0.1) is 5.92 Å². The van der Waals surface area contributed by atoms with Crippen LogP contribution in [0.4, 0.5) is 4.79 Å². The Morgan fingerprint density at radius 3 is 2.69 bits per heavy atom. The van der Waals surface area contributed by atoms with Crippen molar-refractivity contribution in [3.63, 3.8) is 0 Å². The Bertz CT molecular complexity index is 765. The number of carbonyl (C=O) groups is 1. The van der Waals surface area contributed by atoms with Gasteiger partial charge in [-0.25, -0.2) is 4.79 Å². The lowest BCUT2D eigenvalue weighted by molar-refractivity contribution is 0.136. The van der Waals surface area contributed by atoms with E-state index in [9.17, 15) is 4.79 Å². The third-order valence-corrected chi connectivity index (χ3v) is 5.85. The summed E-state index contributed by atoms with van der Waals surface area (Å²) in [7, 11) is 1.73. The number of carbonyl (C=O) groups excluding carboxylic acids is 1. The first-order valence-corrected chi connectivity index (χ1v) is 9.62. The number of piperidine rings is 1. The number of fused-ring (bicyclic) bond motifs is 1. The molecule has 4 rings (SSSR count). The second-order valence-electron chi connectivity index (χ2n) is 7.52. The van der Waals surface area contributed by atoms with Gasteiger partial charge in [-0.3, -0.25) is 4.98 Å². The molecule has 3 heterocycles. The number of methoxy groups -OCH3 is 1. The fourth-order valence-corrected chi connectivity index (χ4v) is 4.43.